The smallest absolute Gasteiger partial charge is 0.0184 e. The van der Waals surface area contributed by atoms with Crippen molar-refractivity contribution in [2.75, 3.05) is 24.6 Å². The van der Waals surface area contributed by atoms with E-state index in [2.05, 4.69) is 50.1 Å². The number of nitrogens with zero attached hydrogens (tertiary/aromatic N) is 1. The van der Waals surface area contributed by atoms with Gasteiger partial charge in [0.2, 0.25) is 0 Å². The van der Waals surface area contributed by atoms with E-state index in [-0.39, 0.29) is 0 Å². The Kier molecular flexibility index (Phi) is 6.48. The highest BCUT2D eigenvalue weighted by molar-refractivity contribution is 8.00. The molecule has 1 aliphatic rings. The second-order valence-electron chi connectivity index (χ2n) is 4.76. The van der Waals surface area contributed by atoms with Crippen LogP contribution in [0.5, 0.6) is 0 Å². The third-order valence-corrected chi connectivity index (χ3v) is 5.14. The van der Waals surface area contributed by atoms with Gasteiger partial charge in [-0.1, -0.05) is 13.8 Å². The Morgan fingerprint density at radius 2 is 2.13 bits per heavy atom. The van der Waals surface area contributed by atoms with E-state index in [0.29, 0.717) is 0 Å². The molecule has 15 heavy (non-hydrogen) atoms. The van der Waals surface area contributed by atoms with Crippen molar-refractivity contribution >= 4 is 24.4 Å². The van der Waals surface area contributed by atoms with E-state index < -0.39 is 0 Å². The van der Waals surface area contributed by atoms with Crippen molar-refractivity contribution in [3.05, 3.63) is 0 Å². The molecule has 1 aliphatic heterocycles. The van der Waals surface area contributed by atoms with Crippen molar-refractivity contribution < 1.29 is 0 Å². The summed E-state index contributed by atoms with van der Waals surface area (Å²) in [6.45, 7) is 9.65. The lowest BCUT2D eigenvalue weighted by atomic mass is 10.0. The zero-order chi connectivity index (χ0) is 11.3. The van der Waals surface area contributed by atoms with Crippen molar-refractivity contribution in [1.82, 2.24) is 4.90 Å². The molecule has 0 aliphatic carbocycles. The first kappa shape index (κ1) is 13.7. The zero-order valence-corrected chi connectivity index (χ0v) is 12.0. The summed E-state index contributed by atoms with van der Waals surface area (Å²) >= 11 is 6.42. The lowest BCUT2D eigenvalue weighted by molar-refractivity contribution is 0.199. The Morgan fingerprint density at radius 3 is 2.80 bits per heavy atom. The zero-order valence-electron chi connectivity index (χ0n) is 10.3. The molecule has 1 rings (SSSR count). The fourth-order valence-electron chi connectivity index (χ4n) is 2.06. The average molecular weight is 247 g/mol. The molecular formula is C12H25NS2. The summed E-state index contributed by atoms with van der Waals surface area (Å²) in [6.07, 6.45) is 2.60. The van der Waals surface area contributed by atoms with Gasteiger partial charge in [-0.25, -0.2) is 0 Å². The van der Waals surface area contributed by atoms with Crippen molar-refractivity contribution in [2.24, 2.45) is 5.92 Å². The van der Waals surface area contributed by atoms with Crippen molar-refractivity contribution in [1.29, 1.82) is 0 Å². The molecule has 3 unspecified atom stereocenters. The maximum atomic E-state index is 4.29. The summed E-state index contributed by atoms with van der Waals surface area (Å²) in [4.78, 5) is 2.66. The first-order valence-electron chi connectivity index (χ1n) is 6.11. The maximum Gasteiger partial charge on any atom is 0.0184 e. The molecule has 0 bridgehead atoms. The molecule has 0 radical (unpaired) electrons. The van der Waals surface area contributed by atoms with Crippen LogP contribution in [0.3, 0.4) is 0 Å². The highest BCUT2D eigenvalue weighted by atomic mass is 32.2. The minimum absolute atomic E-state index is 0.756. The summed E-state index contributed by atoms with van der Waals surface area (Å²) in [7, 11) is 0. The molecule has 1 heterocycles. The van der Waals surface area contributed by atoms with Crippen LogP contribution in [0.1, 0.15) is 33.6 Å². The Labute approximate surface area is 105 Å². The van der Waals surface area contributed by atoms with Gasteiger partial charge in [0.25, 0.3) is 0 Å². The molecule has 0 spiro atoms. The molecule has 90 valence electrons. The molecule has 0 amide bonds. The van der Waals surface area contributed by atoms with Gasteiger partial charge in [-0.05, 0) is 38.0 Å². The topological polar surface area (TPSA) is 3.24 Å². The SMILES string of the molecule is CC(CCS)CCN1CCSC(C)C1C. The van der Waals surface area contributed by atoms with E-state index in [1.54, 1.807) is 0 Å². The van der Waals surface area contributed by atoms with Crippen LogP contribution in [0, 0.1) is 5.92 Å². The molecule has 0 saturated carbocycles. The highest BCUT2D eigenvalue weighted by Gasteiger charge is 2.24. The minimum atomic E-state index is 0.756. The van der Waals surface area contributed by atoms with E-state index >= 15 is 0 Å². The summed E-state index contributed by atoms with van der Waals surface area (Å²) in [5.74, 6) is 3.18. The molecule has 0 aromatic rings. The van der Waals surface area contributed by atoms with Gasteiger partial charge in [-0.3, -0.25) is 4.90 Å². The second kappa shape index (κ2) is 7.08. The largest absolute Gasteiger partial charge is 0.299 e. The molecule has 0 aromatic heterocycles. The minimum Gasteiger partial charge on any atom is -0.299 e. The molecule has 3 heteroatoms. The van der Waals surface area contributed by atoms with Gasteiger partial charge in [0.05, 0.1) is 0 Å². The molecular weight excluding hydrogens is 222 g/mol. The highest BCUT2D eigenvalue weighted by Crippen LogP contribution is 2.24. The number of hydrogen-bond acceptors (Lipinski definition) is 3. The summed E-state index contributed by atoms with van der Waals surface area (Å²) in [6, 6.07) is 0.756. The quantitative estimate of drug-likeness (QED) is 0.744. The Hall–Kier alpha value is 0.660. The van der Waals surface area contributed by atoms with Gasteiger partial charge in [0.1, 0.15) is 0 Å². The van der Waals surface area contributed by atoms with Crippen LogP contribution in [0.2, 0.25) is 0 Å². The molecule has 0 N–H and O–H groups in total. The van der Waals surface area contributed by atoms with E-state index in [1.807, 2.05) is 0 Å². The molecule has 1 saturated heterocycles. The Morgan fingerprint density at radius 1 is 1.40 bits per heavy atom. The van der Waals surface area contributed by atoms with Gasteiger partial charge in [0.15, 0.2) is 0 Å². The average Bonchev–Trinajstić information content (AvgIpc) is 2.21. The number of thioether (sulfide) groups is 1. The predicted molar refractivity (Wildman–Crippen MR) is 75.2 cm³/mol. The lowest BCUT2D eigenvalue weighted by Crippen LogP contribution is -2.45. The third kappa shape index (κ3) is 4.58. The van der Waals surface area contributed by atoms with Crippen LogP contribution in [0.25, 0.3) is 0 Å². The first-order chi connectivity index (χ1) is 7.15. The first-order valence-corrected chi connectivity index (χ1v) is 7.79. The van der Waals surface area contributed by atoms with Crippen molar-refractivity contribution in [2.45, 2.75) is 44.9 Å². The predicted octanol–water partition coefficient (Wildman–Crippen LogP) is 3.16. The monoisotopic (exact) mass is 247 g/mol. The van der Waals surface area contributed by atoms with Gasteiger partial charge in [-0.15, -0.1) is 0 Å². The summed E-state index contributed by atoms with van der Waals surface area (Å²) < 4.78 is 0. The van der Waals surface area contributed by atoms with Crippen LogP contribution < -0.4 is 0 Å². The Balaban J connectivity index is 2.25. The second-order valence-corrected chi connectivity index (χ2v) is 6.69. The molecule has 0 aromatic carbocycles. The fraction of sp³-hybridized carbons (Fsp3) is 1.00. The van der Waals surface area contributed by atoms with Crippen LogP contribution in [-0.4, -0.2) is 40.8 Å². The summed E-state index contributed by atoms with van der Waals surface area (Å²) in [5.41, 5.74) is 0. The van der Waals surface area contributed by atoms with Crippen LogP contribution in [0.4, 0.5) is 0 Å². The standard InChI is InChI=1S/C12H25NS2/c1-10(5-8-14)4-6-13-7-9-15-12(3)11(13)2/h10-12,14H,4-9H2,1-3H3. The lowest BCUT2D eigenvalue weighted by Gasteiger charge is -2.38. The Bertz CT molecular complexity index is 175. The van der Waals surface area contributed by atoms with Crippen molar-refractivity contribution in [3.8, 4) is 0 Å². The van der Waals surface area contributed by atoms with E-state index in [4.69, 9.17) is 0 Å². The maximum absolute atomic E-state index is 4.29. The molecule has 3 atom stereocenters. The van der Waals surface area contributed by atoms with Gasteiger partial charge in [-0.2, -0.15) is 24.4 Å². The third-order valence-electron chi connectivity index (χ3n) is 3.55. The molecule has 1 fully saturated rings. The van der Waals surface area contributed by atoms with E-state index in [0.717, 1.165) is 23.0 Å². The van der Waals surface area contributed by atoms with Crippen molar-refractivity contribution in [3.63, 3.8) is 0 Å². The summed E-state index contributed by atoms with van der Waals surface area (Å²) in [5, 5.41) is 0.805. The number of thiol groups is 1. The van der Waals surface area contributed by atoms with Crippen LogP contribution >= 0.6 is 24.4 Å². The van der Waals surface area contributed by atoms with Gasteiger partial charge in [0, 0.05) is 23.6 Å². The normalized spacial score (nSPS) is 30.4. The number of rotatable bonds is 5. The van der Waals surface area contributed by atoms with Crippen LogP contribution in [0.15, 0.2) is 0 Å². The fourth-order valence-corrected chi connectivity index (χ4v) is 3.67. The van der Waals surface area contributed by atoms with Crippen LogP contribution in [-0.2, 0) is 0 Å². The van der Waals surface area contributed by atoms with E-state index in [9.17, 15) is 0 Å². The van der Waals surface area contributed by atoms with Gasteiger partial charge >= 0.3 is 0 Å². The van der Waals surface area contributed by atoms with E-state index in [1.165, 1.54) is 31.7 Å². The number of hydrogen-bond donors (Lipinski definition) is 1. The molecule has 1 nitrogen and oxygen atoms in total. The van der Waals surface area contributed by atoms with Gasteiger partial charge < -0.3 is 0 Å².